The minimum atomic E-state index is -0.282. The molecule has 4 aromatic rings. The van der Waals surface area contributed by atoms with Gasteiger partial charge in [0.25, 0.3) is 5.91 Å². The highest BCUT2D eigenvalue weighted by atomic mass is 32.1. The lowest BCUT2D eigenvalue weighted by molar-refractivity contribution is 0.102. The lowest BCUT2D eigenvalue weighted by Crippen LogP contribution is -2.29. The molecule has 1 aromatic heterocycles. The van der Waals surface area contributed by atoms with Crippen molar-refractivity contribution in [2.24, 2.45) is 0 Å². The van der Waals surface area contributed by atoms with Gasteiger partial charge in [-0.1, -0.05) is 59.1 Å². The molecule has 3 aromatic carbocycles. The van der Waals surface area contributed by atoms with Crippen LogP contribution in [-0.4, -0.2) is 27.2 Å². The average molecular weight is 474 g/mol. The van der Waals surface area contributed by atoms with Crippen molar-refractivity contribution in [3.63, 3.8) is 0 Å². The molecule has 0 aliphatic heterocycles. The topological polar surface area (TPSA) is 78.9 Å². The Morgan fingerprint density at radius 3 is 2.33 bits per heavy atom. The lowest BCUT2D eigenvalue weighted by Gasteiger charge is -2.11. The van der Waals surface area contributed by atoms with Crippen LogP contribution in [0.5, 0.6) is 0 Å². The van der Waals surface area contributed by atoms with Crippen LogP contribution in [0.3, 0.4) is 0 Å². The molecule has 0 aliphatic carbocycles. The van der Waals surface area contributed by atoms with E-state index in [2.05, 4.69) is 74.1 Å². The van der Waals surface area contributed by atoms with Crippen molar-refractivity contribution >= 4 is 46.1 Å². The number of nitrogens with zero attached hydrogens (tertiary/aromatic N) is 2. The fraction of sp³-hybridized carbons (Fsp3) is 0.120. The first-order valence-corrected chi connectivity index (χ1v) is 11.8. The number of carbonyl (C=O) groups excluding carboxylic acids is 1. The summed E-state index contributed by atoms with van der Waals surface area (Å²) in [4.78, 5) is 12.0. The number of thiocarbonyl (C=S) groups is 1. The first-order valence-electron chi connectivity index (χ1n) is 10.5. The van der Waals surface area contributed by atoms with E-state index in [4.69, 9.17) is 12.2 Å². The second-order valence-electron chi connectivity index (χ2n) is 7.37. The predicted molar refractivity (Wildman–Crippen MR) is 139 cm³/mol. The minimum absolute atomic E-state index is 0.282. The molecule has 4 rings (SSSR count). The summed E-state index contributed by atoms with van der Waals surface area (Å²) in [5.41, 5.74) is 5.60. The average Bonchev–Trinajstić information content (AvgIpc) is 3.39. The zero-order valence-corrected chi connectivity index (χ0v) is 19.5. The first-order chi connectivity index (χ1) is 16.2. The Bertz CT molecular complexity index is 1200. The van der Waals surface area contributed by atoms with Crippen molar-refractivity contribution in [2.75, 3.05) is 17.2 Å². The van der Waals surface area contributed by atoms with E-state index in [9.17, 15) is 4.79 Å². The van der Waals surface area contributed by atoms with Crippen molar-refractivity contribution < 1.29 is 4.79 Å². The predicted octanol–water partition coefficient (Wildman–Crippen LogP) is 5.38. The van der Waals surface area contributed by atoms with E-state index < -0.39 is 0 Å². The Labute approximate surface area is 202 Å². The fourth-order valence-electron chi connectivity index (χ4n) is 3.30. The summed E-state index contributed by atoms with van der Waals surface area (Å²) in [7, 11) is 0. The molecule has 0 radical (unpaired) electrons. The molecule has 0 bridgehead atoms. The molecule has 1 heterocycles. The Balaban J connectivity index is 1.20. The number of hydrogen-bond donors (Lipinski definition) is 3. The van der Waals surface area contributed by atoms with E-state index in [1.165, 1.54) is 16.7 Å². The van der Waals surface area contributed by atoms with Crippen LogP contribution in [0.15, 0.2) is 84.2 Å². The molecule has 0 atom stereocenters. The van der Waals surface area contributed by atoms with E-state index >= 15 is 0 Å². The number of rotatable bonds is 8. The van der Waals surface area contributed by atoms with Gasteiger partial charge in [-0.05, 0) is 77.5 Å². The molecule has 0 saturated heterocycles. The number of benzene rings is 3. The summed E-state index contributed by atoms with van der Waals surface area (Å²) in [6.07, 6.45) is 1.94. The fourth-order valence-corrected chi connectivity index (χ4v) is 3.96. The van der Waals surface area contributed by atoms with Crippen molar-refractivity contribution in [3.05, 3.63) is 95.5 Å². The standard InChI is InChI=1S/C25H23N5OS2/c31-24(23-17-33-30-29-23)27-21-11-13-22(14-12-21)28-25(32)26-15-5-7-18-6-4-10-20(16-18)19-8-2-1-3-9-19/h1-4,6,8-14,16-17H,5,7,15H2,(H,27,31)(H2,26,28,32). The van der Waals surface area contributed by atoms with Crippen LogP contribution >= 0.6 is 23.8 Å². The van der Waals surface area contributed by atoms with Crippen LogP contribution in [0, 0.1) is 0 Å². The van der Waals surface area contributed by atoms with Gasteiger partial charge < -0.3 is 16.0 Å². The molecule has 1 amide bonds. The maximum Gasteiger partial charge on any atom is 0.277 e. The summed E-state index contributed by atoms with van der Waals surface area (Å²) in [5.74, 6) is -0.282. The molecule has 0 unspecified atom stereocenters. The molecule has 0 fully saturated rings. The van der Waals surface area contributed by atoms with Crippen molar-refractivity contribution in [1.82, 2.24) is 14.9 Å². The van der Waals surface area contributed by atoms with Crippen LogP contribution in [0.25, 0.3) is 11.1 Å². The smallest absolute Gasteiger partial charge is 0.277 e. The summed E-state index contributed by atoms with van der Waals surface area (Å²) < 4.78 is 3.70. The molecular weight excluding hydrogens is 450 g/mol. The number of nitrogens with one attached hydrogen (secondary N) is 3. The third-order valence-electron chi connectivity index (χ3n) is 4.96. The molecule has 33 heavy (non-hydrogen) atoms. The quantitative estimate of drug-likeness (QED) is 0.236. The number of aryl methyl sites for hydroxylation is 1. The molecule has 166 valence electrons. The highest BCUT2D eigenvalue weighted by Gasteiger charge is 2.09. The van der Waals surface area contributed by atoms with E-state index in [0.29, 0.717) is 16.5 Å². The molecule has 3 N–H and O–H groups in total. The molecule has 6 nitrogen and oxygen atoms in total. The Kier molecular flexibility index (Phi) is 7.73. The van der Waals surface area contributed by atoms with Crippen molar-refractivity contribution in [3.8, 4) is 11.1 Å². The third-order valence-corrected chi connectivity index (χ3v) is 5.71. The number of anilines is 2. The van der Waals surface area contributed by atoms with Gasteiger partial charge in [0.05, 0.1) is 0 Å². The van der Waals surface area contributed by atoms with Crippen LogP contribution in [0.4, 0.5) is 11.4 Å². The lowest BCUT2D eigenvalue weighted by atomic mass is 10.0. The second kappa shape index (κ2) is 11.3. The Morgan fingerprint density at radius 2 is 1.61 bits per heavy atom. The Hall–Kier alpha value is -3.62. The van der Waals surface area contributed by atoms with E-state index in [0.717, 1.165) is 36.6 Å². The van der Waals surface area contributed by atoms with Crippen LogP contribution in [0.1, 0.15) is 22.5 Å². The SMILES string of the molecule is O=C(Nc1ccc(NC(=S)NCCCc2cccc(-c3ccccc3)c2)cc1)c1csnn1. The van der Waals surface area contributed by atoms with Gasteiger partial charge in [-0.2, -0.15) is 0 Å². The number of amides is 1. The van der Waals surface area contributed by atoms with E-state index in [1.807, 2.05) is 30.3 Å². The van der Waals surface area contributed by atoms with Gasteiger partial charge in [0, 0.05) is 23.3 Å². The van der Waals surface area contributed by atoms with E-state index in [-0.39, 0.29) is 5.91 Å². The van der Waals surface area contributed by atoms with Crippen LogP contribution in [0.2, 0.25) is 0 Å². The zero-order valence-electron chi connectivity index (χ0n) is 17.8. The number of carbonyl (C=O) groups is 1. The monoisotopic (exact) mass is 473 g/mol. The summed E-state index contributed by atoms with van der Waals surface area (Å²) >= 11 is 6.54. The molecule has 0 aliphatic rings. The summed E-state index contributed by atoms with van der Waals surface area (Å²) in [6, 6.07) is 26.4. The minimum Gasteiger partial charge on any atom is -0.362 e. The normalized spacial score (nSPS) is 10.4. The molecule has 8 heteroatoms. The van der Waals surface area contributed by atoms with Crippen LogP contribution in [-0.2, 0) is 6.42 Å². The van der Waals surface area contributed by atoms with E-state index in [1.54, 1.807) is 5.38 Å². The van der Waals surface area contributed by atoms with Gasteiger partial charge in [-0.15, -0.1) is 5.10 Å². The van der Waals surface area contributed by atoms with Crippen molar-refractivity contribution in [2.45, 2.75) is 12.8 Å². The second-order valence-corrected chi connectivity index (χ2v) is 8.39. The maximum absolute atomic E-state index is 12.0. The Morgan fingerprint density at radius 1 is 0.879 bits per heavy atom. The van der Waals surface area contributed by atoms with Gasteiger partial charge in [-0.3, -0.25) is 4.79 Å². The van der Waals surface area contributed by atoms with Crippen LogP contribution < -0.4 is 16.0 Å². The largest absolute Gasteiger partial charge is 0.362 e. The highest BCUT2D eigenvalue weighted by Crippen LogP contribution is 2.20. The van der Waals surface area contributed by atoms with Gasteiger partial charge in [0.1, 0.15) is 0 Å². The first kappa shape index (κ1) is 22.6. The summed E-state index contributed by atoms with van der Waals surface area (Å²) in [6.45, 7) is 0.775. The van der Waals surface area contributed by atoms with Gasteiger partial charge in [0.15, 0.2) is 10.8 Å². The summed E-state index contributed by atoms with van der Waals surface area (Å²) in [5, 5.41) is 15.1. The number of hydrogen-bond acceptors (Lipinski definition) is 5. The molecule has 0 saturated carbocycles. The molecule has 0 spiro atoms. The van der Waals surface area contributed by atoms with Gasteiger partial charge in [-0.25, -0.2) is 0 Å². The van der Waals surface area contributed by atoms with Crippen molar-refractivity contribution in [1.29, 1.82) is 0 Å². The third kappa shape index (κ3) is 6.68. The van der Waals surface area contributed by atoms with Gasteiger partial charge >= 0.3 is 0 Å². The zero-order chi connectivity index (χ0) is 22.9. The molecular formula is C25H23N5OS2. The van der Waals surface area contributed by atoms with Gasteiger partial charge in [0.2, 0.25) is 0 Å². The maximum atomic E-state index is 12.0. The highest BCUT2D eigenvalue weighted by molar-refractivity contribution is 7.80. The number of aromatic nitrogens is 2.